The summed E-state index contributed by atoms with van der Waals surface area (Å²) in [6.45, 7) is 2.43. The second kappa shape index (κ2) is 9.41. The molecule has 9 heteroatoms. The average molecular weight is 440 g/mol. The van der Waals surface area contributed by atoms with E-state index in [4.69, 9.17) is 27.9 Å². The first-order valence-electron chi connectivity index (χ1n) is 7.99. The van der Waals surface area contributed by atoms with E-state index < -0.39 is 0 Å². The van der Waals surface area contributed by atoms with Gasteiger partial charge in [-0.1, -0.05) is 58.4 Å². The van der Waals surface area contributed by atoms with E-state index in [1.54, 1.807) is 30.3 Å². The number of benzene rings is 2. The van der Waals surface area contributed by atoms with E-state index in [1.165, 1.54) is 23.1 Å². The number of carbonyl (C=O) groups is 1. The van der Waals surface area contributed by atoms with Crippen molar-refractivity contribution in [3.05, 3.63) is 63.6 Å². The minimum absolute atomic E-state index is 0.259. The van der Waals surface area contributed by atoms with Crippen molar-refractivity contribution in [2.24, 2.45) is 0 Å². The molecule has 0 aliphatic heterocycles. The molecule has 2 aromatic carbocycles. The van der Waals surface area contributed by atoms with Gasteiger partial charge in [0.2, 0.25) is 5.13 Å². The van der Waals surface area contributed by atoms with Crippen LogP contribution < -0.4 is 10.1 Å². The van der Waals surface area contributed by atoms with Crippen LogP contribution in [0.1, 0.15) is 22.8 Å². The normalized spacial score (nSPS) is 10.6. The van der Waals surface area contributed by atoms with Crippen LogP contribution in [-0.4, -0.2) is 22.7 Å². The number of rotatable bonds is 7. The highest BCUT2D eigenvalue weighted by Crippen LogP contribution is 2.31. The maximum absolute atomic E-state index is 12.4. The first-order valence-corrected chi connectivity index (χ1v) is 10.6. The maximum Gasteiger partial charge on any atom is 0.257 e. The lowest BCUT2D eigenvalue weighted by molar-refractivity contribution is 0.102. The molecule has 140 valence electrons. The lowest BCUT2D eigenvalue weighted by Crippen LogP contribution is -2.11. The second-order valence-corrected chi connectivity index (χ2v) is 8.36. The van der Waals surface area contributed by atoms with Gasteiger partial charge < -0.3 is 4.74 Å². The second-order valence-electron chi connectivity index (χ2n) is 5.31. The number of anilines is 1. The van der Waals surface area contributed by atoms with Crippen molar-refractivity contribution in [2.75, 3.05) is 11.9 Å². The van der Waals surface area contributed by atoms with Crippen LogP contribution in [-0.2, 0) is 5.75 Å². The number of hydrogen-bond acceptors (Lipinski definition) is 6. The Hall–Kier alpha value is -1.80. The van der Waals surface area contributed by atoms with Gasteiger partial charge >= 0.3 is 0 Å². The number of carbonyl (C=O) groups excluding carboxylic acids is 1. The fourth-order valence-electron chi connectivity index (χ4n) is 2.16. The van der Waals surface area contributed by atoms with Crippen LogP contribution in [0.5, 0.6) is 5.75 Å². The molecule has 1 N–H and O–H groups in total. The zero-order valence-corrected chi connectivity index (χ0v) is 17.4. The molecule has 0 spiro atoms. The molecule has 0 aliphatic rings. The Morgan fingerprint density at radius 3 is 2.85 bits per heavy atom. The van der Waals surface area contributed by atoms with E-state index in [0.717, 1.165) is 9.90 Å². The van der Waals surface area contributed by atoms with Crippen LogP contribution in [0.2, 0.25) is 10.0 Å². The average Bonchev–Trinajstić information content (AvgIpc) is 3.09. The number of hydrogen-bond donors (Lipinski definition) is 1. The molecule has 1 heterocycles. The fraction of sp³-hybridized carbons (Fsp3) is 0.167. The Bertz CT molecular complexity index is 950. The van der Waals surface area contributed by atoms with Gasteiger partial charge in [-0.15, -0.1) is 10.2 Å². The third-order valence-electron chi connectivity index (χ3n) is 3.40. The lowest BCUT2D eigenvalue weighted by atomic mass is 10.2. The molecular weight excluding hydrogens is 425 g/mol. The highest BCUT2D eigenvalue weighted by atomic mass is 35.5. The number of aromatic nitrogens is 2. The van der Waals surface area contributed by atoms with Crippen LogP contribution in [0.4, 0.5) is 5.13 Å². The number of nitrogens with one attached hydrogen (secondary N) is 1. The number of halogens is 2. The number of amides is 1. The summed E-state index contributed by atoms with van der Waals surface area (Å²) in [5.41, 5.74) is 1.46. The van der Waals surface area contributed by atoms with Gasteiger partial charge in [0.15, 0.2) is 4.34 Å². The van der Waals surface area contributed by atoms with Crippen molar-refractivity contribution in [1.82, 2.24) is 10.2 Å². The van der Waals surface area contributed by atoms with Gasteiger partial charge in [0.05, 0.1) is 6.61 Å². The molecule has 0 aliphatic carbocycles. The minimum Gasteiger partial charge on any atom is -0.494 e. The van der Waals surface area contributed by atoms with Crippen molar-refractivity contribution < 1.29 is 9.53 Å². The van der Waals surface area contributed by atoms with Crippen molar-refractivity contribution in [3.8, 4) is 5.75 Å². The van der Waals surface area contributed by atoms with Crippen molar-refractivity contribution in [1.29, 1.82) is 0 Å². The standard InChI is InChI=1S/C18H15Cl2N3O2S2/c1-2-25-14-5-3-4-11(8-14)16(24)21-17-22-23-18(27-17)26-10-12-6-7-13(19)9-15(12)20/h3-9H,2,10H2,1H3,(H,21,22,24). The SMILES string of the molecule is CCOc1cccc(C(=O)Nc2nnc(SCc3ccc(Cl)cc3Cl)s2)c1. The van der Waals surface area contributed by atoms with Crippen LogP contribution in [0.3, 0.4) is 0 Å². The molecular formula is C18H15Cl2N3O2S2. The summed E-state index contributed by atoms with van der Waals surface area (Å²) in [6.07, 6.45) is 0. The Kier molecular flexibility index (Phi) is 6.95. The molecule has 3 rings (SSSR count). The molecule has 0 saturated heterocycles. The third-order valence-corrected chi connectivity index (χ3v) is 6.01. The van der Waals surface area contributed by atoms with Gasteiger partial charge in [-0.25, -0.2) is 0 Å². The predicted octanol–water partition coefficient (Wildman–Crippen LogP) is 5.79. The van der Waals surface area contributed by atoms with Gasteiger partial charge in [0.1, 0.15) is 5.75 Å². The molecule has 0 unspecified atom stereocenters. The summed E-state index contributed by atoms with van der Waals surface area (Å²) < 4.78 is 6.15. The molecule has 5 nitrogen and oxygen atoms in total. The van der Waals surface area contributed by atoms with Crippen LogP contribution in [0.15, 0.2) is 46.8 Å². The number of ether oxygens (including phenoxy) is 1. The van der Waals surface area contributed by atoms with E-state index >= 15 is 0 Å². The topological polar surface area (TPSA) is 64.1 Å². The first-order chi connectivity index (χ1) is 13.0. The molecule has 3 aromatic rings. The molecule has 0 saturated carbocycles. The van der Waals surface area contributed by atoms with E-state index in [9.17, 15) is 4.79 Å². The zero-order chi connectivity index (χ0) is 19.2. The fourth-order valence-corrected chi connectivity index (χ4v) is 4.47. The van der Waals surface area contributed by atoms with Gasteiger partial charge in [-0.3, -0.25) is 10.1 Å². The number of nitrogens with zero attached hydrogens (tertiary/aromatic N) is 2. The van der Waals surface area contributed by atoms with Crippen LogP contribution >= 0.6 is 46.3 Å². The van der Waals surface area contributed by atoms with E-state index in [-0.39, 0.29) is 5.91 Å². The van der Waals surface area contributed by atoms with E-state index in [1.807, 2.05) is 19.1 Å². The van der Waals surface area contributed by atoms with Gasteiger partial charge in [-0.05, 0) is 42.8 Å². The summed E-state index contributed by atoms with van der Waals surface area (Å²) in [7, 11) is 0. The highest BCUT2D eigenvalue weighted by molar-refractivity contribution is 8.00. The summed E-state index contributed by atoms with van der Waals surface area (Å²) in [4.78, 5) is 12.4. The lowest BCUT2D eigenvalue weighted by Gasteiger charge is -2.05. The van der Waals surface area contributed by atoms with Gasteiger partial charge in [0, 0.05) is 21.4 Å². The largest absolute Gasteiger partial charge is 0.494 e. The quantitative estimate of drug-likeness (QED) is 0.372. The highest BCUT2D eigenvalue weighted by Gasteiger charge is 2.12. The molecule has 1 amide bonds. The predicted molar refractivity (Wildman–Crippen MR) is 111 cm³/mol. The smallest absolute Gasteiger partial charge is 0.257 e. The zero-order valence-electron chi connectivity index (χ0n) is 14.2. The molecule has 0 radical (unpaired) electrons. The maximum atomic E-state index is 12.4. The van der Waals surface area contributed by atoms with E-state index in [0.29, 0.717) is 38.8 Å². The molecule has 0 fully saturated rings. The van der Waals surface area contributed by atoms with E-state index in [2.05, 4.69) is 15.5 Å². The molecule has 1 aromatic heterocycles. The Labute approximate surface area is 175 Å². The van der Waals surface area contributed by atoms with Crippen LogP contribution in [0.25, 0.3) is 0 Å². The number of thioether (sulfide) groups is 1. The van der Waals surface area contributed by atoms with Gasteiger partial charge in [0.25, 0.3) is 5.91 Å². The Morgan fingerprint density at radius 2 is 2.07 bits per heavy atom. The monoisotopic (exact) mass is 439 g/mol. The first kappa shape index (κ1) is 19.9. The molecule has 0 atom stereocenters. The third kappa shape index (κ3) is 5.59. The summed E-state index contributed by atoms with van der Waals surface area (Å²) in [5.74, 6) is 1.03. The molecule has 27 heavy (non-hydrogen) atoms. The summed E-state index contributed by atoms with van der Waals surface area (Å²) >= 11 is 14.9. The van der Waals surface area contributed by atoms with Crippen molar-refractivity contribution in [3.63, 3.8) is 0 Å². The molecule has 0 bridgehead atoms. The van der Waals surface area contributed by atoms with Crippen molar-refractivity contribution >= 4 is 57.3 Å². The van der Waals surface area contributed by atoms with Crippen LogP contribution in [0, 0.1) is 0 Å². The minimum atomic E-state index is -0.259. The Balaban J connectivity index is 1.60. The summed E-state index contributed by atoms with van der Waals surface area (Å²) in [5, 5.41) is 12.5. The van der Waals surface area contributed by atoms with Crippen molar-refractivity contribution in [2.45, 2.75) is 17.0 Å². The van der Waals surface area contributed by atoms with Gasteiger partial charge in [-0.2, -0.15) is 0 Å². The summed E-state index contributed by atoms with van der Waals surface area (Å²) in [6, 6.07) is 12.4. The Morgan fingerprint density at radius 1 is 1.22 bits per heavy atom.